The van der Waals surface area contributed by atoms with Gasteiger partial charge in [-0.3, -0.25) is 4.52 Å². The number of esters is 1. The summed E-state index contributed by atoms with van der Waals surface area (Å²) in [4.78, 5) is 21.2. The van der Waals surface area contributed by atoms with Crippen LogP contribution in [0.25, 0.3) is 10.2 Å². The summed E-state index contributed by atoms with van der Waals surface area (Å²) in [5.74, 6) is -1.03. The molecule has 3 aromatic heterocycles. The molecule has 3 rings (SSSR count). The number of aryl methyl sites for hydroxylation is 1. The molecule has 2 N–H and O–H groups in total. The molecule has 0 saturated heterocycles. The molecule has 0 aliphatic heterocycles. The van der Waals surface area contributed by atoms with Gasteiger partial charge in [-0.05, 0) is 38.4 Å². The average Bonchev–Trinajstić information content (AvgIpc) is 3.19. The first-order valence-electron chi connectivity index (χ1n) is 8.32. The lowest BCUT2D eigenvalue weighted by atomic mass is 10.1. The van der Waals surface area contributed by atoms with Crippen LogP contribution >= 0.6 is 11.3 Å². The van der Waals surface area contributed by atoms with E-state index >= 15 is 0 Å². The Morgan fingerprint density at radius 3 is 2.89 bits per heavy atom. The van der Waals surface area contributed by atoms with E-state index in [-0.39, 0.29) is 34.7 Å². The van der Waals surface area contributed by atoms with E-state index in [1.165, 1.54) is 6.20 Å². The number of ether oxygens (including phenoxy) is 1. The summed E-state index contributed by atoms with van der Waals surface area (Å²) in [6.45, 7) is 7.54. The molecule has 0 amide bonds. The Hall–Kier alpha value is -3.01. The Balaban J connectivity index is 2.09. The lowest BCUT2D eigenvalue weighted by Gasteiger charge is -2.08. The zero-order valence-electron chi connectivity index (χ0n) is 15.3. The second-order valence-corrected chi connectivity index (χ2v) is 7.09. The van der Waals surface area contributed by atoms with Gasteiger partial charge in [-0.15, -0.1) is 11.3 Å². The Morgan fingerprint density at radius 2 is 2.26 bits per heavy atom. The molecule has 0 aliphatic rings. The highest BCUT2D eigenvalue weighted by molar-refractivity contribution is 7.21. The fourth-order valence-electron chi connectivity index (χ4n) is 2.47. The van der Waals surface area contributed by atoms with Crippen LogP contribution in [0.3, 0.4) is 0 Å². The quantitative estimate of drug-likeness (QED) is 0.304. The second-order valence-electron chi connectivity index (χ2n) is 6.09. The number of nitrogens with two attached hydrogens (primary N) is 1. The first kappa shape index (κ1) is 18.8. The minimum Gasteiger partial charge on any atom is -0.857 e. The molecule has 3 heterocycles. The highest BCUT2D eigenvalue weighted by atomic mass is 32.1. The molecule has 0 atom stereocenters. The summed E-state index contributed by atoms with van der Waals surface area (Å²) in [6.07, 6.45) is 1.53. The number of aromatic nitrogens is 3. The third-order valence-corrected chi connectivity index (χ3v) is 4.82. The van der Waals surface area contributed by atoms with E-state index in [0.29, 0.717) is 15.9 Å². The summed E-state index contributed by atoms with van der Waals surface area (Å²) in [6, 6.07) is 1.66. The standard InChI is InChI=1S/C17H19N5O4S/c1-5-25-17(24)10-6-9(4)19-16-12(10)13(18)14(27-16)15(23)20-11-7-22(8(2)3)21-26-11/h6-8H,5H2,1-4H3,(H2-,18,20,21,23). The first-order valence-corrected chi connectivity index (χ1v) is 9.14. The highest BCUT2D eigenvalue weighted by Crippen LogP contribution is 2.35. The predicted molar refractivity (Wildman–Crippen MR) is 98.0 cm³/mol. The van der Waals surface area contributed by atoms with Crippen molar-refractivity contribution in [1.29, 1.82) is 0 Å². The van der Waals surface area contributed by atoms with Crippen molar-refractivity contribution >= 4 is 45.0 Å². The maximum absolute atomic E-state index is 12.6. The number of thiophene rings is 1. The van der Waals surface area contributed by atoms with Crippen LogP contribution in [-0.2, 0) is 4.74 Å². The first-order chi connectivity index (χ1) is 12.8. The number of nitrogens with zero attached hydrogens (tertiary/aromatic N) is 4. The van der Waals surface area contributed by atoms with E-state index in [4.69, 9.17) is 15.0 Å². The summed E-state index contributed by atoms with van der Waals surface area (Å²) in [7, 11) is 0. The number of carbonyl (C=O) groups excluding carboxylic acids is 1. The van der Waals surface area contributed by atoms with Gasteiger partial charge in [-0.25, -0.2) is 14.8 Å². The van der Waals surface area contributed by atoms with Gasteiger partial charge < -0.3 is 15.6 Å². The van der Waals surface area contributed by atoms with E-state index in [1.54, 1.807) is 24.6 Å². The molecule has 0 bridgehead atoms. The molecule has 3 aromatic rings. The van der Waals surface area contributed by atoms with Gasteiger partial charge in [0.05, 0.1) is 22.7 Å². The molecule has 0 aromatic carbocycles. The van der Waals surface area contributed by atoms with Crippen molar-refractivity contribution in [3.63, 3.8) is 0 Å². The molecule has 0 aliphatic carbocycles. The van der Waals surface area contributed by atoms with E-state index in [2.05, 4.69) is 15.2 Å². The largest absolute Gasteiger partial charge is 0.857 e. The fourth-order valence-corrected chi connectivity index (χ4v) is 3.52. The van der Waals surface area contributed by atoms with Gasteiger partial charge in [0.2, 0.25) is 5.27 Å². The Labute approximate surface area is 159 Å². The number of carbonyl (C=O) groups is 1. The monoisotopic (exact) mass is 389 g/mol. The zero-order valence-corrected chi connectivity index (χ0v) is 16.2. The maximum Gasteiger partial charge on any atom is 0.338 e. The van der Waals surface area contributed by atoms with E-state index in [0.717, 1.165) is 11.3 Å². The van der Waals surface area contributed by atoms with Gasteiger partial charge >= 0.3 is 11.9 Å². The molecule has 0 fully saturated rings. The van der Waals surface area contributed by atoms with E-state index < -0.39 is 11.9 Å². The lowest BCUT2D eigenvalue weighted by Crippen LogP contribution is -2.36. The predicted octanol–water partition coefficient (Wildman–Crippen LogP) is 1.66. The summed E-state index contributed by atoms with van der Waals surface area (Å²) >= 11 is 1.07. The average molecular weight is 389 g/mol. The minimum absolute atomic E-state index is 0.0697. The highest BCUT2D eigenvalue weighted by Gasteiger charge is 2.21. The third-order valence-electron chi connectivity index (χ3n) is 3.73. The molecule has 0 spiro atoms. The normalized spacial score (nSPS) is 12.1. The number of rotatable bonds is 5. The molecule has 0 saturated carbocycles. The van der Waals surface area contributed by atoms with Crippen molar-refractivity contribution in [2.75, 3.05) is 12.3 Å². The van der Waals surface area contributed by atoms with Gasteiger partial charge in [0.15, 0.2) is 6.04 Å². The molecule has 142 valence electrons. The summed E-state index contributed by atoms with van der Waals surface area (Å²) < 4.78 is 11.7. The van der Waals surface area contributed by atoms with Crippen molar-refractivity contribution in [3.05, 3.63) is 28.4 Å². The van der Waals surface area contributed by atoms with Crippen LogP contribution in [-0.4, -0.2) is 28.7 Å². The molecule has 0 unspecified atom stereocenters. The Bertz CT molecular complexity index is 1040. The zero-order chi connectivity index (χ0) is 19.7. The Kier molecular flexibility index (Phi) is 5.08. The molecule has 9 nitrogen and oxygen atoms in total. The Morgan fingerprint density at radius 1 is 1.52 bits per heavy atom. The van der Waals surface area contributed by atoms with Crippen molar-refractivity contribution in [1.82, 2.24) is 10.3 Å². The number of aliphatic imine (C=N–C) groups is 1. The van der Waals surface area contributed by atoms with Gasteiger partial charge in [-0.2, -0.15) is 0 Å². The molecular weight excluding hydrogens is 370 g/mol. The van der Waals surface area contributed by atoms with Gasteiger partial charge in [0.25, 0.3) is 6.20 Å². The second kappa shape index (κ2) is 7.31. The molecular formula is C17H19N5O4S. The SMILES string of the molecule is CCOC(=O)c1cc(C)nc2sc(/C([O-])=N/c3c[n+](C(C)C)no3)c(N)c12. The lowest BCUT2D eigenvalue weighted by molar-refractivity contribution is -0.779. The van der Waals surface area contributed by atoms with Crippen LogP contribution < -0.4 is 15.5 Å². The number of anilines is 1. The number of hydrogen-bond donors (Lipinski definition) is 1. The maximum atomic E-state index is 12.6. The number of hydrogen-bond acceptors (Lipinski definition) is 9. The number of nitrogen functional groups attached to an aromatic ring is 1. The van der Waals surface area contributed by atoms with Crippen molar-refractivity contribution in [2.24, 2.45) is 4.99 Å². The van der Waals surface area contributed by atoms with Crippen LogP contribution in [0.2, 0.25) is 0 Å². The molecule has 10 heteroatoms. The molecule has 27 heavy (non-hydrogen) atoms. The number of pyridine rings is 1. The van der Waals surface area contributed by atoms with Crippen molar-refractivity contribution in [2.45, 2.75) is 33.7 Å². The fraction of sp³-hybridized carbons (Fsp3) is 0.353. The van der Waals surface area contributed by atoms with Crippen LogP contribution in [0, 0.1) is 6.92 Å². The van der Waals surface area contributed by atoms with E-state index in [9.17, 15) is 9.90 Å². The van der Waals surface area contributed by atoms with Crippen molar-refractivity contribution in [3.8, 4) is 0 Å². The summed E-state index contributed by atoms with van der Waals surface area (Å²) in [5, 5.41) is 16.8. The summed E-state index contributed by atoms with van der Waals surface area (Å²) in [5.41, 5.74) is 7.21. The van der Waals surface area contributed by atoms with Crippen LogP contribution in [0.15, 0.2) is 21.8 Å². The van der Waals surface area contributed by atoms with Gasteiger partial charge in [-0.1, -0.05) is 0 Å². The molecule has 0 radical (unpaired) electrons. The van der Waals surface area contributed by atoms with Crippen LogP contribution in [0.4, 0.5) is 11.6 Å². The van der Waals surface area contributed by atoms with E-state index in [1.807, 2.05) is 13.8 Å². The topological polar surface area (TPSA) is 131 Å². The van der Waals surface area contributed by atoms with Crippen molar-refractivity contribution < 1.29 is 23.8 Å². The number of fused-ring (bicyclic) bond motifs is 1. The minimum atomic E-state index is -0.588. The van der Waals surface area contributed by atoms with Crippen LogP contribution in [0.5, 0.6) is 0 Å². The smallest absolute Gasteiger partial charge is 0.338 e. The van der Waals surface area contributed by atoms with Gasteiger partial charge in [0, 0.05) is 17.0 Å². The van der Waals surface area contributed by atoms with Crippen LogP contribution in [0.1, 0.15) is 47.7 Å². The third kappa shape index (κ3) is 3.61. The van der Waals surface area contributed by atoms with Gasteiger partial charge in [0.1, 0.15) is 4.83 Å².